The van der Waals surface area contributed by atoms with E-state index in [1.165, 1.54) is 11.1 Å². The van der Waals surface area contributed by atoms with E-state index in [4.69, 9.17) is 0 Å². The predicted molar refractivity (Wildman–Crippen MR) is 68.7 cm³/mol. The molecule has 0 heterocycles. The summed E-state index contributed by atoms with van der Waals surface area (Å²) in [5.41, 5.74) is 5.74. The Hall–Kier alpha value is -1.56. The summed E-state index contributed by atoms with van der Waals surface area (Å²) < 4.78 is 0. The van der Waals surface area contributed by atoms with Crippen molar-refractivity contribution in [3.05, 3.63) is 65.8 Å². The molecule has 0 aliphatic carbocycles. The topological polar surface area (TPSA) is 0 Å². The molecule has 0 bridgehead atoms. The van der Waals surface area contributed by atoms with Crippen molar-refractivity contribution in [2.45, 2.75) is 20.8 Å². The first-order valence-electron chi connectivity index (χ1n) is 5.12. The summed E-state index contributed by atoms with van der Waals surface area (Å²) >= 11 is 0. The van der Waals surface area contributed by atoms with Gasteiger partial charge in [-0.15, -0.1) is 0 Å². The van der Waals surface area contributed by atoms with Gasteiger partial charge in [0.25, 0.3) is 0 Å². The molecule has 0 aliphatic rings. The van der Waals surface area contributed by atoms with Crippen molar-refractivity contribution in [1.82, 2.24) is 0 Å². The minimum atomic E-state index is 1.06. The van der Waals surface area contributed by atoms with Gasteiger partial charge in [-0.25, -0.2) is 0 Å². The third-order valence-electron chi connectivity index (χ3n) is 2.35. The quantitative estimate of drug-likeness (QED) is 0.622. The van der Waals surface area contributed by atoms with Crippen LogP contribution in [0.1, 0.15) is 26.3 Å². The molecule has 0 fully saturated rings. The van der Waals surface area contributed by atoms with E-state index in [2.05, 4.69) is 39.1 Å². The van der Waals surface area contributed by atoms with Crippen LogP contribution in [0.5, 0.6) is 0 Å². The third-order valence-corrected chi connectivity index (χ3v) is 2.35. The fraction of sp³-hybridized carbons (Fsp3) is 0.200. The van der Waals surface area contributed by atoms with Crippen molar-refractivity contribution in [3.63, 3.8) is 0 Å². The molecule has 1 aromatic rings. The van der Waals surface area contributed by atoms with Crippen LogP contribution >= 0.6 is 0 Å². The van der Waals surface area contributed by atoms with Crippen molar-refractivity contribution in [2.24, 2.45) is 0 Å². The minimum absolute atomic E-state index is 1.06. The van der Waals surface area contributed by atoms with Gasteiger partial charge >= 0.3 is 0 Å². The van der Waals surface area contributed by atoms with E-state index in [9.17, 15) is 0 Å². The summed E-state index contributed by atoms with van der Waals surface area (Å²) in [6, 6.07) is 10.2. The molecule has 0 aromatic heterocycles. The number of rotatable bonds is 3. The first-order chi connectivity index (χ1) is 7.04. The Morgan fingerprint density at radius 3 is 1.87 bits per heavy atom. The van der Waals surface area contributed by atoms with Crippen LogP contribution in [0, 0.1) is 0 Å². The van der Waals surface area contributed by atoms with E-state index in [1.807, 2.05) is 25.1 Å². The normalized spacial score (nSPS) is 9.53. The Morgan fingerprint density at radius 1 is 0.933 bits per heavy atom. The van der Waals surface area contributed by atoms with E-state index < -0.39 is 0 Å². The summed E-state index contributed by atoms with van der Waals surface area (Å²) in [4.78, 5) is 0. The Morgan fingerprint density at radius 2 is 1.47 bits per heavy atom. The van der Waals surface area contributed by atoms with Crippen molar-refractivity contribution >= 4 is 5.57 Å². The third kappa shape index (κ3) is 2.69. The molecule has 15 heavy (non-hydrogen) atoms. The lowest BCUT2D eigenvalue weighted by atomic mass is 9.92. The minimum Gasteiger partial charge on any atom is -0.0955 e. The molecule has 0 spiro atoms. The van der Waals surface area contributed by atoms with Gasteiger partial charge in [-0.3, -0.25) is 0 Å². The molecule has 0 nitrogen and oxygen atoms in total. The summed E-state index contributed by atoms with van der Waals surface area (Å²) in [7, 11) is 0. The second-order valence-electron chi connectivity index (χ2n) is 4.00. The van der Waals surface area contributed by atoms with E-state index in [0.29, 0.717) is 0 Å². The van der Waals surface area contributed by atoms with Crippen LogP contribution in [0.25, 0.3) is 5.57 Å². The second-order valence-corrected chi connectivity index (χ2v) is 4.00. The average Bonchev–Trinajstić information content (AvgIpc) is 2.18. The molecule has 0 saturated carbocycles. The molecule has 0 N–H and O–H groups in total. The monoisotopic (exact) mass is 198 g/mol. The highest BCUT2D eigenvalue weighted by Gasteiger charge is 2.07. The van der Waals surface area contributed by atoms with E-state index in [0.717, 1.165) is 16.7 Å². The predicted octanol–water partition coefficient (Wildman–Crippen LogP) is 4.61. The molecule has 0 saturated heterocycles. The maximum atomic E-state index is 4.15. The van der Waals surface area contributed by atoms with Gasteiger partial charge < -0.3 is 0 Å². The van der Waals surface area contributed by atoms with Crippen LogP contribution in [0.4, 0.5) is 0 Å². The van der Waals surface area contributed by atoms with Gasteiger partial charge in [0.1, 0.15) is 0 Å². The highest BCUT2D eigenvalue weighted by Crippen LogP contribution is 2.28. The van der Waals surface area contributed by atoms with Gasteiger partial charge in [0.05, 0.1) is 0 Å². The lowest BCUT2D eigenvalue weighted by Crippen LogP contribution is -1.92. The van der Waals surface area contributed by atoms with Crippen LogP contribution in [0.3, 0.4) is 0 Å². The summed E-state index contributed by atoms with van der Waals surface area (Å²) in [6.07, 6.45) is 0. The van der Waals surface area contributed by atoms with E-state index in [-0.39, 0.29) is 0 Å². The van der Waals surface area contributed by atoms with Gasteiger partial charge in [-0.2, -0.15) is 0 Å². The van der Waals surface area contributed by atoms with Crippen LogP contribution in [-0.2, 0) is 0 Å². The van der Waals surface area contributed by atoms with Gasteiger partial charge in [0, 0.05) is 0 Å². The lowest BCUT2D eigenvalue weighted by Gasteiger charge is -2.13. The largest absolute Gasteiger partial charge is 0.0955 e. The zero-order chi connectivity index (χ0) is 11.4. The SMILES string of the molecule is C=C(C)C(C(=C)c1ccccc1)=C(C)C. The Balaban J connectivity index is 3.15. The summed E-state index contributed by atoms with van der Waals surface area (Å²) in [6.45, 7) is 14.4. The molecule has 0 amide bonds. The summed E-state index contributed by atoms with van der Waals surface area (Å²) in [5, 5.41) is 0. The van der Waals surface area contributed by atoms with Gasteiger partial charge in [0.2, 0.25) is 0 Å². The maximum absolute atomic E-state index is 4.15. The maximum Gasteiger partial charge on any atom is -0.0174 e. The van der Waals surface area contributed by atoms with Crippen molar-refractivity contribution in [3.8, 4) is 0 Å². The van der Waals surface area contributed by atoms with Crippen LogP contribution in [-0.4, -0.2) is 0 Å². The van der Waals surface area contributed by atoms with Crippen molar-refractivity contribution in [2.75, 3.05) is 0 Å². The molecule has 0 radical (unpaired) electrons. The smallest absolute Gasteiger partial charge is 0.0174 e. The van der Waals surface area contributed by atoms with E-state index in [1.54, 1.807) is 0 Å². The molecule has 78 valence electrons. The highest BCUT2D eigenvalue weighted by atomic mass is 14.1. The molecule has 0 aliphatic heterocycles. The molecular weight excluding hydrogens is 180 g/mol. The fourth-order valence-corrected chi connectivity index (χ4v) is 1.77. The molecule has 1 rings (SSSR count). The zero-order valence-electron chi connectivity index (χ0n) is 9.80. The Labute approximate surface area is 92.6 Å². The van der Waals surface area contributed by atoms with Gasteiger partial charge in [0.15, 0.2) is 0 Å². The second kappa shape index (κ2) is 4.79. The number of hydrogen-bond acceptors (Lipinski definition) is 0. The van der Waals surface area contributed by atoms with Crippen molar-refractivity contribution in [1.29, 1.82) is 0 Å². The van der Waals surface area contributed by atoms with E-state index >= 15 is 0 Å². The number of benzene rings is 1. The van der Waals surface area contributed by atoms with Gasteiger partial charge in [-0.1, -0.05) is 54.6 Å². The Bertz CT molecular complexity index is 401. The van der Waals surface area contributed by atoms with Crippen LogP contribution in [0.2, 0.25) is 0 Å². The molecule has 0 unspecified atom stereocenters. The lowest BCUT2D eigenvalue weighted by molar-refractivity contribution is 1.29. The highest BCUT2D eigenvalue weighted by molar-refractivity contribution is 5.82. The molecule has 1 aromatic carbocycles. The first-order valence-corrected chi connectivity index (χ1v) is 5.12. The van der Waals surface area contributed by atoms with Gasteiger partial charge in [-0.05, 0) is 37.5 Å². The molecule has 0 heteroatoms. The van der Waals surface area contributed by atoms with Crippen LogP contribution < -0.4 is 0 Å². The van der Waals surface area contributed by atoms with Crippen LogP contribution in [0.15, 0.2) is 60.2 Å². The number of allylic oxidation sites excluding steroid dienone is 4. The summed E-state index contributed by atoms with van der Waals surface area (Å²) in [5.74, 6) is 0. The Kier molecular flexibility index (Phi) is 3.68. The molecular formula is C15H18. The average molecular weight is 198 g/mol. The number of hydrogen-bond donors (Lipinski definition) is 0. The fourth-order valence-electron chi connectivity index (χ4n) is 1.77. The standard InChI is InChI=1S/C15H18/c1-11(2)15(12(3)4)13(5)14-9-7-6-8-10-14/h6-10H,1,5H2,2-4H3. The van der Waals surface area contributed by atoms with Crippen molar-refractivity contribution < 1.29 is 0 Å². The first kappa shape index (κ1) is 11.5. The molecule has 0 atom stereocenters. The zero-order valence-corrected chi connectivity index (χ0v) is 9.80.